The van der Waals surface area contributed by atoms with Crippen molar-refractivity contribution in [3.63, 3.8) is 0 Å². The molecule has 0 fully saturated rings. The molecule has 1 aromatic carbocycles. The molecule has 1 heterocycles. The van der Waals surface area contributed by atoms with Crippen LogP contribution in [0.25, 0.3) is 10.9 Å². The van der Waals surface area contributed by atoms with Crippen molar-refractivity contribution in [2.24, 2.45) is 0 Å². The lowest BCUT2D eigenvalue weighted by Crippen LogP contribution is -2.28. The lowest BCUT2D eigenvalue weighted by molar-refractivity contribution is 0.0794. The predicted octanol–water partition coefficient (Wildman–Crippen LogP) is 1.55. The summed E-state index contributed by atoms with van der Waals surface area (Å²) >= 11 is 0. The number of aromatic amines is 1. The molecule has 0 unspecified atom stereocenters. The number of rotatable bonds is 3. The molecule has 0 radical (unpaired) electrons. The zero-order valence-corrected chi connectivity index (χ0v) is 9.47. The number of hydrogen-bond donors (Lipinski definition) is 1. The summed E-state index contributed by atoms with van der Waals surface area (Å²) in [6.07, 6.45) is 0.324. The van der Waals surface area contributed by atoms with Gasteiger partial charge in [0.05, 0.1) is 18.0 Å². The molecular weight excluding hydrogens is 216 g/mol. The number of carbonyl (C=O) groups is 1. The molecule has 2 aromatic rings. The van der Waals surface area contributed by atoms with Crippen molar-refractivity contribution in [2.75, 3.05) is 13.6 Å². The van der Waals surface area contributed by atoms with Crippen LogP contribution in [0.2, 0.25) is 0 Å². The fraction of sp³-hybridized carbons (Fsp3) is 0.250. The van der Waals surface area contributed by atoms with E-state index in [4.69, 9.17) is 5.26 Å². The maximum Gasteiger partial charge on any atom is 0.274 e. The number of amides is 1. The third-order valence-corrected chi connectivity index (χ3v) is 2.58. The van der Waals surface area contributed by atoms with Crippen molar-refractivity contribution in [3.05, 3.63) is 30.0 Å². The second kappa shape index (κ2) is 4.66. The molecule has 1 aromatic heterocycles. The molecule has 0 aliphatic carbocycles. The third kappa shape index (κ3) is 2.11. The Hall–Kier alpha value is -2.35. The highest BCUT2D eigenvalue weighted by Gasteiger charge is 2.17. The van der Waals surface area contributed by atoms with Crippen LogP contribution in [-0.4, -0.2) is 34.6 Å². The van der Waals surface area contributed by atoms with Crippen LogP contribution in [0.3, 0.4) is 0 Å². The molecule has 5 heteroatoms. The Kier molecular flexibility index (Phi) is 3.06. The van der Waals surface area contributed by atoms with Crippen LogP contribution >= 0.6 is 0 Å². The van der Waals surface area contributed by atoms with Crippen LogP contribution in [0.4, 0.5) is 0 Å². The second-order valence-corrected chi connectivity index (χ2v) is 3.75. The van der Waals surface area contributed by atoms with E-state index in [-0.39, 0.29) is 5.91 Å². The molecule has 17 heavy (non-hydrogen) atoms. The van der Waals surface area contributed by atoms with E-state index in [1.165, 1.54) is 4.90 Å². The molecule has 86 valence electrons. The number of carbonyl (C=O) groups excluding carboxylic acids is 1. The molecule has 5 nitrogen and oxygen atoms in total. The number of nitrogens with one attached hydrogen (secondary N) is 1. The highest BCUT2D eigenvalue weighted by Crippen LogP contribution is 2.16. The van der Waals surface area contributed by atoms with E-state index in [0.717, 1.165) is 10.9 Å². The van der Waals surface area contributed by atoms with Crippen molar-refractivity contribution in [1.82, 2.24) is 15.1 Å². The number of para-hydroxylation sites is 1. The predicted molar refractivity (Wildman–Crippen MR) is 63.3 cm³/mol. The number of nitrogens with zero attached hydrogens (tertiary/aromatic N) is 3. The first kappa shape index (κ1) is 11.1. The van der Waals surface area contributed by atoms with Gasteiger partial charge in [-0.1, -0.05) is 18.2 Å². The van der Waals surface area contributed by atoms with Gasteiger partial charge in [-0.15, -0.1) is 0 Å². The minimum Gasteiger partial charge on any atom is -0.339 e. The van der Waals surface area contributed by atoms with Gasteiger partial charge in [0, 0.05) is 19.0 Å². The monoisotopic (exact) mass is 228 g/mol. The second-order valence-electron chi connectivity index (χ2n) is 3.75. The van der Waals surface area contributed by atoms with Gasteiger partial charge < -0.3 is 4.90 Å². The third-order valence-electron chi connectivity index (χ3n) is 2.58. The number of benzene rings is 1. The van der Waals surface area contributed by atoms with Crippen molar-refractivity contribution < 1.29 is 4.79 Å². The van der Waals surface area contributed by atoms with E-state index in [9.17, 15) is 4.79 Å². The van der Waals surface area contributed by atoms with Gasteiger partial charge in [-0.05, 0) is 6.07 Å². The van der Waals surface area contributed by atoms with E-state index in [1.807, 2.05) is 30.3 Å². The van der Waals surface area contributed by atoms with Crippen LogP contribution < -0.4 is 0 Å². The largest absolute Gasteiger partial charge is 0.339 e. The van der Waals surface area contributed by atoms with Crippen LogP contribution in [0.15, 0.2) is 24.3 Å². The molecule has 1 amide bonds. The van der Waals surface area contributed by atoms with Crippen molar-refractivity contribution in [2.45, 2.75) is 6.42 Å². The SMILES string of the molecule is CN(CCC#N)C(=O)c1n[nH]c2ccccc12. The molecule has 0 aliphatic rings. The van der Waals surface area contributed by atoms with Crippen molar-refractivity contribution >= 4 is 16.8 Å². The lowest BCUT2D eigenvalue weighted by Gasteiger charge is -2.13. The zero-order chi connectivity index (χ0) is 12.3. The highest BCUT2D eigenvalue weighted by atomic mass is 16.2. The minimum atomic E-state index is -0.169. The first-order chi connectivity index (χ1) is 8.24. The summed E-state index contributed by atoms with van der Waals surface area (Å²) in [7, 11) is 1.67. The number of nitriles is 1. The number of H-pyrrole nitrogens is 1. The number of aromatic nitrogens is 2. The summed E-state index contributed by atoms with van der Waals surface area (Å²) in [5.41, 5.74) is 1.24. The topological polar surface area (TPSA) is 72.8 Å². The minimum absolute atomic E-state index is 0.169. The Labute approximate surface area is 98.6 Å². The normalized spacial score (nSPS) is 10.1. The zero-order valence-electron chi connectivity index (χ0n) is 9.47. The maximum absolute atomic E-state index is 12.1. The van der Waals surface area contributed by atoms with Gasteiger partial charge in [0.1, 0.15) is 0 Å². The fourth-order valence-electron chi connectivity index (χ4n) is 1.63. The maximum atomic E-state index is 12.1. The van der Waals surface area contributed by atoms with Crippen LogP contribution in [0.1, 0.15) is 16.9 Å². The fourth-order valence-corrected chi connectivity index (χ4v) is 1.63. The van der Waals surface area contributed by atoms with Gasteiger partial charge in [-0.25, -0.2) is 0 Å². The van der Waals surface area contributed by atoms with Gasteiger partial charge in [-0.2, -0.15) is 10.4 Å². The van der Waals surface area contributed by atoms with E-state index in [0.29, 0.717) is 18.7 Å². The van der Waals surface area contributed by atoms with Gasteiger partial charge in [-0.3, -0.25) is 9.89 Å². The molecule has 0 aliphatic heterocycles. The Bertz CT molecular complexity index is 581. The van der Waals surface area contributed by atoms with E-state index in [1.54, 1.807) is 7.05 Å². The van der Waals surface area contributed by atoms with E-state index in [2.05, 4.69) is 10.2 Å². The smallest absolute Gasteiger partial charge is 0.274 e. The van der Waals surface area contributed by atoms with E-state index < -0.39 is 0 Å². The molecule has 0 saturated heterocycles. The molecule has 2 rings (SSSR count). The molecule has 0 atom stereocenters. The van der Waals surface area contributed by atoms with Crippen LogP contribution in [0.5, 0.6) is 0 Å². The summed E-state index contributed by atoms with van der Waals surface area (Å²) in [5, 5.41) is 16.1. The molecular formula is C12H12N4O. The van der Waals surface area contributed by atoms with Gasteiger partial charge >= 0.3 is 0 Å². The molecule has 0 saturated carbocycles. The molecule has 1 N–H and O–H groups in total. The summed E-state index contributed by atoms with van der Waals surface area (Å²) in [6, 6.07) is 9.48. The average Bonchev–Trinajstić information content (AvgIpc) is 2.78. The molecule has 0 bridgehead atoms. The van der Waals surface area contributed by atoms with Crippen molar-refractivity contribution in [3.8, 4) is 6.07 Å². The van der Waals surface area contributed by atoms with Crippen molar-refractivity contribution in [1.29, 1.82) is 5.26 Å². The standard InChI is InChI=1S/C12H12N4O/c1-16(8-4-7-13)12(17)11-9-5-2-3-6-10(9)14-15-11/h2-3,5-6H,4,8H2,1H3,(H,14,15). The quantitative estimate of drug-likeness (QED) is 0.866. The highest BCUT2D eigenvalue weighted by molar-refractivity contribution is 6.04. The summed E-state index contributed by atoms with van der Waals surface area (Å²) in [5.74, 6) is -0.169. The first-order valence-corrected chi connectivity index (χ1v) is 5.29. The molecule has 0 spiro atoms. The Morgan fingerprint density at radius 1 is 1.53 bits per heavy atom. The lowest BCUT2D eigenvalue weighted by atomic mass is 10.2. The van der Waals surface area contributed by atoms with Gasteiger partial charge in [0.15, 0.2) is 5.69 Å². The number of hydrogen-bond acceptors (Lipinski definition) is 3. The first-order valence-electron chi connectivity index (χ1n) is 5.29. The van der Waals surface area contributed by atoms with E-state index >= 15 is 0 Å². The van der Waals surface area contributed by atoms with Crippen LogP contribution in [0, 0.1) is 11.3 Å². The van der Waals surface area contributed by atoms with Gasteiger partial charge in [0.25, 0.3) is 5.91 Å². The summed E-state index contributed by atoms with van der Waals surface area (Å²) < 4.78 is 0. The average molecular weight is 228 g/mol. The summed E-state index contributed by atoms with van der Waals surface area (Å²) in [4.78, 5) is 13.6. The summed E-state index contributed by atoms with van der Waals surface area (Å²) in [6.45, 7) is 0.413. The Morgan fingerprint density at radius 3 is 3.06 bits per heavy atom. The van der Waals surface area contributed by atoms with Gasteiger partial charge in [0.2, 0.25) is 0 Å². The van der Waals surface area contributed by atoms with Crippen LogP contribution in [-0.2, 0) is 0 Å². The number of fused-ring (bicyclic) bond motifs is 1. The Balaban J connectivity index is 2.28. The Morgan fingerprint density at radius 2 is 2.29 bits per heavy atom.